The molecule has 0 fully saturated rings. The van der Waals surface area contributed by atoms with Crippen LogP contribution in [-0.2, 0) is 13.6 Å². The molecule has 0 saturated carbocycles. The molecule has 0 unspecified atom stereocenters. The molecular formula is C16H17ClN6O. The maximum absolute atomic E-state index is 12.6. The Bertz CT molecular complexity index is 884. The molecule has 24 heavy (non-hydrogen) atoms. The van der Waals surface area contributed by atoms with Crippen molar-refractivity contribution in [1.29, 1.82) is 0 Å². The summed E-state index contributed by atoms with van der Waals surface area (Å²) >= 11 is 6.20. The average molecular weight is 345 g/mol. The molecule has 0 aliphatic heterocycles. The number of rotatable bonds is 4. The van der Waals surface area contributed by atoms with Gasteiger partial charge in [0.2, 0.25) is 5.82 Å². The van der Waals surface area contributed by atoms with Gasteiger partial charge < -0.3 is 9.47 Å². The lowest BCUT2D eigenvalue weighted by molar-refractivity contribution is 0.0768. The lowest BCUT2D eigenvalue weighted by atomic mass is 10.3. The molecule has 0 radical (unpaired) electrons. The molecule has 0 N–H and O–H groups in total. The van der Waals surface area contributed by atoms with E-state index in [2.05, 4.69) is 15.1 Å². The molecule has 1 amide bonds. The molecule has 7 nitrogen and oxygen atoms in total. The maximum Gasteiger partial charge on any atom is 0.293 e. The highest BCUT2D eigenvalue weighted by molar-refractivity contribution is 6.32. The zero-order valence-corrected chi connectivity index (χ0v) is 14.4. The summed E-state index contributed by atoms with van der Waals surface area (Å²) in [5.41, 5.74) is 0.690. The Kier molecular flexibility index (Phi) is 4.35. The van der Waals surface area contributed by atoms with E-state index < -0.39 is 0 Å². The van der Waals surface area contributed by atoms with Crippen molar-refractivity contribution in [3.8, 4) is 5.69 Å². The van der Waals surface area contributed by atoms with Crippen LogP contribution in [-0.4, -0.2) is 42.2 Å². The summed E-state index contributed by atoms with van der Waals surface area (Å²) in [6, 6.07) is 7.30. The van der Waals surface area contributed by atoms with E-state index in [9.17, 15) is 4.79 Å². The summed E-state index contributed by atoms with van der Waals surface area (Å²) in [5.74, 6) is 1.24. The van der Waals surface area contributed by atoms with Crippen molar-refractivity contribution in [3.05, 3.63) is 59.2 Å². The van der Waals surface area contributed by atoms with Crippen LogP contribution in [0, 0.1) is 6.92 Å². The summed E-state index contributed by atoms with van der Waals surface area (Å²) in [6.45, 7) is 2.16. The van der Waals surface area contributed by atoms with E-state index >= 15 is 0 Å². The number of aromatic nitrogens is 5. The number of halogens is 1. The first-order valence-electron chi connectivity index (χ1n) is 7.37. The first-order valence-corrected chi connectivity index (χ1v) is 7.75. The first kappa shape index (κ1) is 16.2. The average Bonchev–Trinajstić information content (AvgIpc) is 3.13. The molecule has 0 aliphatic rings. The van der Waals surface area contributed by atoms with Gasteiger partial charge in [0, 0.05) is 26.5 Å². The molecular weight excluding hydrogens is 328 g/mol. The number of hydrogen-bond acceptors (Lipinski definition) is 4. The SMILES string of the molecule is Cc1nc(C(=O)N(C)Cc2nccn2C)nn1-c1ccccc1Cl. The topological polar surface area (TPSA) is 68.8 Å². The third kappa shape index (κ3) is 3.03. The third-order valence-electron chi connectivity index (χ3n) is 3.69. The van der Waals surface area contributed by atoms with E-state index in [-0.39, 0.29) is 11.7 Å². The monoisotopic (exact) mass is 344 g/mol. The molecule has 2 heterocycles. The van der Waals surface area contributed by atoms with E-state index in [1.54, 1.807) is 30.9 Å². The standard InChI is InChI=1S/C16H17ClN6O/c1-11-19-15(20-23(11)13-7-5-4-6-12(13)17)16(24)22(3)10-14-18-8-9-21(14)2/h4-9H,10H2,1-3H3. The highest BCUT2D eigenvalue weighted by atomic mass is 35.5. The van der Waals surface area contributed by atoms with Crippen LogP contribution in [0.15, 0.2) is 36.7 Å². The Labute approximate surface area is 144 Å². The van der Waals surface area contributed by atoms with Gasteiger partial charge in [0.05, 0.1) is 17.3 Å². The number of imidazole rings is 1. The number of aryl methyl sites for hydroxylation is 2. The molecule has 2 aromatic heterocycles. The van der Waals surface area contributed by atoms with E-state index in [4.69, 9.17) is 11.6 Å². The number of carbonyl (C=O) groups is 1. The molecule has 0 aliphatic carbocycles. The van der Waals surface area contributed by atoms with E-state index in [1.807, 2.05) is 36.0 Å². The van der Waals surface area contributed by atoms with Crippen LogP contribution in [0.3, 0.4) is 0 Å². The normalized spacial score (nSPS) is 10.8. The molecule has 3 rings (SSSR count). The van der Waals surface area contributed by atoms with Crippen LogP contribution in [0.4, 0.5) is 0 Å². The predicted molar refractivity (Wildman–Crippen MR) is 90.1 cm³/mol. The van der Waals surface area contributed by atoms with Gasteiger partial charge >= 0.3 is 0 Å². The second kappa shape index (κ2) is 6.45. The number of benzene rings is 1. The van der Waals surface area contributed by atoms with Crippen molar-refractivity contribution < 1.29 is 4.79 Å². The minimum absolute atomic E-state index is 0.129. The number of para-hydroxylation sites is 1. The van der Waals surface area contributed by atoms with Crippen LogP contribution >= 0.6 is 11.6 Å². The highest BCUT2D eigenvalue weighted by Crippen LogP contribution is 2.20. The first-order chi connectivity index (χ1) is 11.5. The van der Waals surface area contributed by atoms with Crippen LogP contribution in [0.2, 0.25) is 5.02 Å². The van der Waals surface area contributed by atoms with Crippen LogP contribution in [0.5, 0.6) is 0 Å². The number of nitrogens with zero attached hydrogens (tertiary/aromatic N) is 6. The molecule has 8 heteroatoms. The van der Waals surface area contributed by atoms with Crippen molar-refractivity contribution in [2.24, 2.45) is 7.05 Å². The van der Waals surface area contributed by atoms with E-state index in [1.165, 1.54) is 4.90 Å². The lowest BCUT2D eigenvalue weighted by Crippen LogP contribution is -2.28. The summed E-state index contributed by atoms with van der Waals surface area (Å²) < 4.78 is 3.44. The Morgan fingerprint density at radius 1 is 1.33 bits per heavy atom. The largest absolute Gasteiger partial charge is 0.337 e. The number of amides is 1. The smallest absolute Gasteiger partial charge is 0.293 e. The molecule has 0 saturated heterocycles. The van der Waals surface area contributed by atoms with Crippen LogP contribution in [0.25, 0.3) is 5.69 Å². The zero-order valence-electron chi connectivity index (χ0n) is 13.6. The Morgan fingerprint density at radius 2 is 2.08 bits per heavy atom. The minimum atomic E-state index is -0.271. The Hall–Kier alpha value is -2.67. The molecule has 1 aromatic carbocycles. The van der Waals surface area contributed by atoms with Gasteiger partial charge in [0.15, 0.2) is 0 Å². The summed E-state index contributed by atoms with van der Waals surface area (Å²) in [7, 11) is 3.58. The molecule has 124 valence electrons. The van der Waals surface area contributed by atoms with Crippen molar-refractivity contribution in [3.63, 3.8) is 0 Å². The minimum Gasteiger partial charge on any atom is -0.337 e. The van der Waals surface area contributed by atoms with E-state index in [0.29, 0.717) is 23.1 Å². The van der Waals surface area contributed by atoms with Gasteiger partial charge in [-0.15, -0.1) is 5.10 Å². The molecule has 0 spiro atoms. The van der Waals surface area contributed by atoms with Crippen molar-refractivity contribution in [1.82, 2.24) is 29.2 Å². The highest BCUT2D eigenvalue weighted by Gasteiger charge is 2.20. The van der Waals surface area contributed by atoms with Gasteiger partial charge in [0.1, 0.15) is 11.6 Å². The molecule has 0 atom stereocenters. The summed E-state index contributed by atoms with van der Waals surface area (Å²) in [6.07, 6.45) is 3.53. The second-order valence-corrected chi connectivity index (χ2v) is 5.87. The van der Waals surface area contributed by atoms with Crippen molar-refractivity contribution in [2.75, 3.05) is 7.05 Å². The Balaban J connectivity index is 1.85. The van der Waals surface area contributed by atoms with Crippen LogP contribution in [0.1, 0.15) is 22.3 Å². The second-order valence-electron chi connectivity index (χ2n) is 5.46. The fraction of sp³-hybridized carbons (Fsp3) is 0.250. The zero-order chi connectivity index (χ0) is 17.3. The summed E-state index contributed by atoms with van der Waals surface area (Å²) in [5, 5.41) is 4.86. The Morgan fingerprint density at radius 3 is 2.75 bits per heavy atom. The summed E-state index contributed by atoms with van der Waals surface area (Å²) in [4.78, 5) is 22.6. The van der Waals surface area contributed by atoms with Gasteiger partial charge in [-0.25, -0.2) is 14.6 Å². The van der Waals surface area contributed by atoms with Crippen molar-refractivity contribution in [2.45, 2.75) is 13.5 Å². The van der Waals surface area contributed by atoms with Gasteiger partial charge in [-0.3, -0.25) is 4.79 Å². The van der Waals surface area contributed by atoms with Gasteiger partial charge in [-0.1, -0.05) is 23.7 Å². The number of hydrogen-bond donors (Lipinski definition) is 0. The van der Waals surface area contributed by atoms with Crippen molar-refractivity contribution >= 4 is 17.5 Å². The van der Waals surface area contributed by atoms with Gasteiger partial charge in [-0.2, -0.15) is 0 Å². The van der Waals surface area contributed by atoms with Gasteiger partial charge in [-0.05, 0) is 19.1 Å². The van der Waals surface area contributed by atoms with E-state index in [0.717, 1.165) is 5.82 Å². The predicted octanol–water partition coefficient (Wildman–Crippen LogP) is 2.23. The van der Waals surface area contributed by atoms with Crippen LogP contribution < -0.4 is 0 Å². The van der Waals surface area contributed by atoms with Gasteiger partial charge in [0.25, 0.3) is 5.91 Å². The maximum atomic E-state index is 12.6. The fourth-order valence-electron chi connectivity index (χ4n) is 2.34. The quantitative estimate of drug-likeness (QED) is 0.727. The molecule has 0 bridgehead atoms. The number of carbonyl (C=O) groups excluding carboxylic acids is 1. The fourth-order valence-corrected chi connectivity index (χ4v) is 2.55. The lowest BCUT2D eigenvalue weighted by Gasteiger charge is -2.14. The molecule has 3 aromatic rings. The third-order valence-corrected chi connectivity index (χ3v) is 4.01.